The second kappa shape index (κ2) is 5.84. The molecule has 0 aliphatic heterocycles. The van der Waals surface area contributed by atoms with E-state index in [1.165, 1.54) is 0 Å². The van der Waals surface area contributed by atoms with Crippen molar-refractivity contribution >= 4 is 21.3 Å². The first-order valence-corrected chi connectivity index (χ1v) is 7.29. The summed E-state index contributed by atoms with van der Waals surface area (Å²) in [7, 11) is 4.76. The van der Waals surface area contributed by atoms with Crippen molar-refractivity contribution in [1.82, 2.24) is 0 Å². The predicted molar refractivity (Wildman–Crippen MR) is 41.1 cm³/mol. The van der Waals surface area contributed by atoms with E-state index in [0.29, 0.717) is 0 Å². The molecule has 1 aromatic carbocycles. The van der Waals surface area contributed by atoms with E-state index in [4.69, 9.17) is 21.3 Å². The summed E-state index contributed by atoms with van der Waals surface area (Å²) in [6.45, 7) is 0. The maximum atomic E-state index is 11.9. The van der Waals surface area contributed by atoms with Gasteiger partial charge in [-0.25, -0.2) is 0 Å². The van der Waals surface area contributed by atoms with E-state index < -0.39 is 11.7 Å². The van der Waals surface area contributed by atoms with Gasteiger partial charge in [-0.05, 0) is 0 Å². The van der Waals surface area contributed by atoms with E-state index >= 15 is 0 Å². The SMILES string of the molecule is FC(F)(F)c1c[c-]c(Cl)cc1.[Cl][Zn+]. The third-order valence-corrected chi connectivity index (χ3v) is 1.34. The molecule has 0 amide bonds. The maximum absolute atomic E-state index is 11.9. The summed E-state index contributed by atoms with van der Waals surface area (Å²) in [5, 5.41) is 0.179. The molecular formula is C7H3Cl2F3Zn. The fraction of sp³-hybridized carbons (Fsp3) is 0.143. The molecule has 0 aliphatic carbocycles. The van der Waals surface area contributed by atoms with Crippen LogP contribution in [-0.2, 0) is 23.5 Å². The van der Waals surface area contributed by atoms with Crippen LogP contribution in [0.1, 0.15) is 5.56 Å². The van der Waals surface area contributed by atoms with Gasteiger partial charge < -0.3 is 0 Å². The van der Waals surface area contributed by atoms with Gasteiger partial charge in [-0.2, -0.15) is 37.4 Å². The molecule has 0 radical (unpaired) electrons. The van der Waals surface area contributed by atoms with Gasteiger partial charge in [0.15, 0.2) is 0 Å². The molecule has 0 saturated heterocycles. The van der Waals surface area contributed by atoms with Crippen molar-refractivity contribution in [3.05, 3.63) is 34.9 Å². The Morgan fingerprint density at radius 3 is 2.08 bits per heavy atom. The van der Waals surface area contributed by atoms with Gasteiger partial charge in [-0.1, -0.05) is 10.6 Å². The molecule has 0 atom stereocenters. The molecule has 6 heteroatoms. The van der Waals surface area contributed by atoms with Crippen molar-refractivity contribution < 1.29 is 30.5 Å². The van der Waals surface area contributed by atoms with Crippen molar-refractivity contribution in [2.24, 2.45) is 0 Å². The minimum atomic E-state index is -4.30. The van der Waals surface area contributed by atoms with Crippen LogP contribution in [0, 0.1) is 6.07 Å². The standard InChI is InChI=1S/C7H3ClF3.ClH.Zn/c8-6-3-1-5(2-4-6)7(9,10)11;;/h1-3H;1H;/q-1;;+2/p-1. The molecule has 0 fully saturated rings. The molecule has 0 saturated carbocycles. The first kappa shape index (κ1) is 13.2. The van der Waals surface area contributed by atoms with Crippen LogP contribution in [0.5, 0.6) is 0 Å². The molecule has 0 aliphatic rings. The van der Waals surface area contributed by atoms with Crippen LogP contribution in [-0.4, -0.2) is 0 Å². The van der Waals surface area contributed by atoms with E-state index in [1.54, 1.807) is 0 Å². The van der Waals surface area contributed by atoms with Crippen molar-refractivity contribution in [2.45, 2.75) is 6.18 Å². The Hall–Kier alpha value is 0.213. The van der Waals surface area contributed by atoms with Crippen molar-refractivity contribution in [3.8, 4) is 0 Å². The van der Waals surface area contributed by atoms with Crippen LogP contribution >= 0.6 is 21.3 Å². The monoisotopic (exact) mass is 278 g/mol. The van der Waals surface area contributed by atoms with Crippen molar-refractivity contribution in [2.75, 3.05) is 0 Å². The summed E-state index contributed by atoms with van der Waals surface area (Å²) in [5.41, 5.74) is -0.734. The molecule has 0 bridgehead atoms. The minimum absolute atomic E-state index is 0.179. The summed E-state index contributed by atoms with van der Waals surface area (Å²) in [6, 6.07) is 5.15. The molecule has 0 heterocycles. The number of hydrogen-bond acceptors (Lipinski definition) is 0. The van der Waals surface area contributed by atoms with Gasteiger partial charge in [0.25, 0.3) is 0 Å². The van der Waals surface area contributed by atoms with Gasteiger partial charge in [0, 0.05) is 0 Å². The zero-order chi connectivity index (χ0) is 10.5. The first-order valence-electron chi connectivity index (χ1n) is 3.01. The van der Waals surface area contributed by atoms with Gasteiger partial charge in [0.05, 0.1) is 0 Å². The number of hydrogen-bond donors (Lipinski definition) is 0. The number of halogens is 5. The van der Waals surface area contributed by atoms with Gasteiger partial charge >= 0.3 is 33.2 Å². The van der Waals surface area contributed by atoms with Gasteiger partial charge in [0.2, 0.25) is 0 Å². The molecule has 1 rings (SSSR count). The molecule has 0 nitrogen and oxygen atoms in total. The fourth-order valence-corrected chi connectivity index (χ4v) is 0.700. The van der Waals surface area contributed by atoms with Crippen LogP contribution in [0.15, 0.2) is 18.2 Å². The van der Waals surface area contributed by atoms with Crippen molar-refractivity contribution in [1.29, 1.82) is 0 Å². The number of rotatable bonds is 0. The average molecular weight is 280 g/mol. The van der Waals surface area contributed by atoms with E-state index in [9.17, 15) is 13.2 Å². The third-order valence-electron chi connectivity index (χ3n) is 1.10. The zero-order valence-electron chi connectivity index (χ0n) is 6.33. The number of alkyl halides is 3. The molecule has 1 aromatic rings. The van der Waals surface area contributed by atoms with Gasteiger partial charge in [-0.15, -0.1) is 11.6 Å². The molecule has 0 aromatic heterocycles. The van der Waals surface area contributed by atoms with E-state index in [2.05, 4.69) is 6.07 Å². The topological polar surface area (TPSA) is 0 Å². The van der Waals surface area contributed by atoms with E-state index in [0.717, 1.165) is 35.5 Å². The van der Waals surface area contributed by atoms with E-state index in [1.807, 2.05) is 0 Å². The molecule has 0 spiro atoms. The summed E-state index contributed by atoms with van der Waals surface area (Å²) >= 11 is 6.19. The first-order chi connectivity index (χ1) is 6.00. The third kappa shape index (κ3) is 4.85. The quantitative estimate of drug-likeness (QED) is 0.500. The van der Waals surface area contributed by atoms with Gasteiger partial charge in [0.1, 0.15) is 0 Å². The van der Waals surface area contributed by atoms with Gasteiger partial charge in [-0.3, -0.25) is 0 Å². The summed E-state index contributed by atoms with van der Waals surface area (Å²) in [6.07, 6.45) is -4.30. The predicted octanol–water partition coefficient (Wildman–Crippen LogP) is 3.85. The Kier molecular flexibility index (Phi) is 5.94. The van der Waals surface area contributed by atoms with Crippen molar-refractivity contribution in [3.63, 3.8) is 0 Å². The zero-order valence-corrected chi connectivity index (χ0v) is 10.8. The number of benzene rings is 1. The van der Waals surface area contributed by atoms with E-state index in [-0.39, 0.29) is 5.02 Å². The Balaban J connectivity index is 0.000000671. The van der Waals surface area contributed by atoms with Crippen LogP contribution < -0.4 is 0 Å². The Labute approximate surface area is 92.8 Å². The summed E-state index contributed by atoms with van der Waals surface area (Å²) in [4.78, 5) is 0. The molecular weight excluding hydrogens is 277 g/mol. The second-order valence-electron chi connectivity index (χ2n) is 1.92. The second-order valence-corrected chi connectivity index (χ2v) is 2.33. The molecule has 0 N–H and O–H groups in total. The Bertz CT molecular complexity index is 245. The van der Waals surface area contributed by atoms with Crippen LogP contribution in [0.2, 0.25) is 5.02 Å². The molecule has 13 heavy (non-hydrogen) atoms. The Morgan fingerprint density at radius 2 is 1.77 bits per heavy atom. The molecule has 0 unspecified atom stereocenters. The average Bonchev–Trinajstić information content (AvgIpc) is 2.07. The molecule has 68 valence electrons. The van der Waals surface area contributed by atoms with Crippen LogP contribution in [0.25, 0.3) is 0 Å². The fourth-order valence-electron chi connectivity index (χ4n) is 0.582. The summed E-state index contributed by atoms with van der Waals surface area (Å²) < 4.78 is 35.6. The van der Waals surface area contributed by atoms with Crippen LogP contribution in [0.4, 0.5) is 13.2 Å². The summed E-state index contributed by atoms with van der Waals surface area (Å²) in [5.74, 6) is 0. The Morgan fingerprint density at radius 1 is 1.23 bits per heavy atom. The normalized spacial score (nSPS) is 10.4. The van der Waals surface area contributed by atoms with Crippen LogP contribution in [0.3, 0.4) is 0 Å².